The molecule has 4 N–H and O–H groups in total. The summed E-state index contributed by atoms with van der Waals surface area (Å²) < 4.78 is 73.4. The summed E-state index contributed by atoms with van der Waals surface area (Å²) in [5.41, 5.74) is 0.513. The molecule has 0 radical (unpaired) electrons. The van der Waals surface area contributed by atoms with Gasteiger partial charge in [0.05, 0.1) is 43.2 Å². The molecule has 0 saturated carbocycles. The van der Waals surface area contributed by atoms with Gasteiger partial charge in [0.25, 0.3) is 0 Å². The second kappa shape index (κ2) is 14.7. The summed E-state index contributed by atoms with van der Waals surface area (Å²) in [4.78, 5) is 23.5. The van der Waals surface area contributed by atoms with Crippen molar-refractivity contribution in [3.63, 3.8) is 0 Å². The largest absolute Gasteiger partial charge is 0.495 e. The van der Waals surface area contributed by atoms with Crippen LogP contribution < -0.4 is 20.3 Å². The number of benzene rings is 2. The summed E-state index contributed by atoms with van der Waals surface area (Å²) in [7, 11) is 1.30. The van der Waals surface area contributed by atoms with Crippen molar-refractivity contribution >= 4 is 53.2 Å². The molecule has 18 heteroatoms. The number of fused-ring (bicyclic) bond motifs is 1. The normalized spacial score (nSPS) is 15.8. The number of anilines is 5. The molecule has 1 saturated heterocycles. The van der Waals surface area contributed by atoms with Crippen molar-refractivity contribution in [3.05, 3.63) is 53.9 Å². The van der Waals surface area contributed by atoms with Crippen molar-refractivity contribution in [1.82, 2.24) is 19.4 Å². The van der Waals surface area contributed by atoms with Crippen LogP contribution in [-0.4, -0.2) is 88.7 Å². The number of methoxy groups -OCH3 is 1. The van der Waals surface area contributed by atoms with Crippen LogP contribution in [0.2, 0.25) is 0 Å². The van der Waals surface area contributed by atoms with Gasteiger partial charge < -0.3 is 44.1 Å². The van der Waals surface area contributed by atoms with Crippen molar-refractivity contribution in [2.24, 2.45) is 7.05 Å². The van der Waals surface area contributed by atoms with E-state index >= 15 is 0 Å². The lowest BCUT2D eigenvalue weighted by atomic mass is 10.1. The molecule has 1 unspecified atom stereocenters. The second-order valence-electron chi connectivity index (χ2n) is 11.6. The predicted octanol–water partition coefficient (Wildman–Crippen LogP) is 6.16. The first kappa shape index (κ1) is 36.7. The fourth-order valence-corrected chi connectivity index (χ4v) is 7.51. The first-order chi connectivity index (χ1) is 23.7. The number of aromatic hydroxyl groups is 1. The molecule has 2 aromatic carbocycles. The first-order valence-corrected chi connectivity index (χ1v) is 17.4. The number of carboxylic acid groups (broad SMARTS) is 1. The number of hydrogen-bond acceptors (Lipinski definition) is 12. The first-order valence-electron chi connectivity index (χ1n) is 15.7. The van der Waals surface area contributed by atoms with Gasteiger partial charge in [-0.05, 0) is 50.7 Å². The van der Waals surface area contributed by atoms with Gasteiger partial charge in [-0.2, -0.15) is 18.2 Å². The lowest BCUT2D eigenvalue weighted by molar-refractivity contribution is -0.143. The minimum absolute atomic E-state index is 0.0231. The van der Waals surface area contributed by atoms with Crippen LogP contribution in [0.4, 0.5) is 42.0 Å². The number of likely N-dealkylation sites (N-methyl/N-ethyl adjacent to an activating group) is 1. The molecule has 0 amide bonds. The van der Waals surface area contributed by atoms with Gasteiger partial charge >= 0.3 is 19.7 Å². The third-order valence-corrected chi connectivity index (χ3v) is 10.3. The van der Waals surface area contributed by atoms with Gasteiger partial charge in [-0.1, -0.05) is 6.07 Å². The number of alkyl halides is 3. The van der Waals surface area contributed by atoms with Crippen molar-refractivity contribution in [3.8, 4) is 11.6 Å². The lowest BCUT2D eigenvalue weighted by Crippen LogP contribution is -2.55. The third-order valence-electron chi connectivity index (χ3n) is 8.26. The van der Waals surface area contributed by atoms with Crippen LogP contribution in [0.3, 0.4) is 0 Å². The molecule has 0 spiro atoms. The fraction of sp³-hybridized carbons (Fsp3) is 0.406. The Balaban J connectivity index is 1.49. The molecular formula is C32H39F3N7O7P. The molecule has 1 atom stereocenters. The average Bonchev–Trinajstić information content (AvgIpc) is 3.35. The topological polar surface area (TPSA) is 164 Å². The Morgan fingerprint density at radius 2 is 1.78 bits per heavy atom. The highest BCUT2D eigenvalue weighted by molar-refractivity contribution is 7.53. The Morgan fingerprint density at radius 1 is 1.08 bits per heavy atom. The molecule has 0 bridgehead atoms. The van der Waals surface area contributed by atoms with E-state index in [9.17, 15) is 32.7 Å². The van der Waals surface area contributed by atoms with Crippen LogP contribution in [0.1, 0.15) is 25.0 Å². The van der Waals surface area contributed by atoms with Crippen molar-refractivity contribution in [2.45, 2.75) is 32.2 Å². The minimum Gasteiger partial charge on any atom is -0.495 e. The molecule has 2 aromatic heterocycles. The predicted molar refractivity (Wildman–Crippen MR) is 182 cm³/mol. The van der Waals surface area contributed by atoms with E-state index in [2.05, 4.69) is 20.6 Å². The van der Waals surface area contributed by atoms with E-state index in [4.69, 9.17) is 13.8 Å². The van der Waals surface area contributed by atoms with E-state index in [0.717, 1.165) is 0 Å². The molecule has 1 aliphatic heterocycles. The van der Waals surface area contributed by atoms with Crippen molar-refractivity contribution in [1.29, 1.82) is 0 Å². The SMILES string of the molecule is CCOP(=O)(Cc1ccc(Nc2ncc(C(F)(F)F)c(Nc3ccc(N4CCN(C)C(C(=O)O)C4)c4cn(C)c(O)c34)n2)c(OC)c1)OCC. The molecule has 1 aliphatic rings. The standard InChI is InChI=1S/C32H39F3N7O7P/c1-6-48-50(46,49-7-2)18-19-8-9-22(26(14-19)47-5)38-31-36-15-21(32(33,34)35)28(39-31)37-23-10-11-24(20-16-41(4)29(43)27(20)23)42-13-12-40(3)25(17-42)30(44)45/h8-11,14-16,25,43H,6-7,12-13,17-18H2,1-5H3,(H,44,45)(H2,36,37,38,39). The molecular weight excluding hydrogens is 682 g/mol. The average molecular weight is 722 g/mol. The summed E-state index contributed by atoms with van der Waals surface area (Å²) in [5, 5.41) is 27.1. The van der Waals surface area contributed by atoms with Crippen LogP contribution in [-0.2, 0) is 37.8 Å². The number of carboxylic acids is 1. The maximum Gasteiger partial charge on any atom is 0.421 e. The number of aryl methyl sites for hydroxylation is 1. The molecule has 270 valence electrons. The summed E-state index contributed by atoms with van der Waals surface area (Å²) in [5.74, 6) is -1.68. The van der Waals surface area contributed by atoms with Crippen LogP contribution in [0, 0.1) is 0 Å². The van der Waals surface area contributed by atoms with Crippen LogP contribution in [0.5, 0.6) is 11.6 Å². The van der Waals surface area contributed by atoms with E-state index in [1.807, 2.05) is 4.90 Å². The zero-order chi connectivity index (χ0) is 36.4. The third kappa shape index (κ3) is 7.75. The summed E-state index contributed by atoms with van der Waals surface area (Å²) in [6.07, 6.45) is -2.58. The number of ether oxygens (including phenoxy) is 1. The number of nitrogens with one attached hydrogen (secondary N) is 2. The summed E-state index contributed by atoms with van der Waals surface area (Å²) in [6.45, 7) is 4.94. The minimum atomic E-state index is -4.83. The Labute approximate surface area is 286 Å². The zero-order valence-corrected chi connectivity index (χ0v) is 29.0. The number of rotatable bonds is 13. The van der Waals surface area contributed by atoms with Crippen LogP contribution in [0.15, 0.2) is 42.7 Å². The highest BCUT2D eigenvalue weighted by Gasteiger charge is 2.36. The van der Waals surface area contributed by atoms with E-state index in [1.54, 1.807) is 63.3 Å². The number of hydrogen-bond donors (Lipinski definition) is 4. The van der Waals surface area contributed by atoms with Gasteiger partial charge in [0.15, 0.2) is 0 Å². The highest BCUT2D eigenvalue weighted by Crippen LogP contribution is 2.52. The van der Waals surface area contributed by atoms with Gasteiger partial charge in [0.1, 0.15) is 23.2 Å². The van der Waals surface area contributed by atoms with Gasteiger partial charge in [-0.3, -0.25) is 14.3 Å². The van der Waals surface area contributed by atoms with Crippen LogP contribution in [0.25, 0.3) is 10.8 Å². The van der Waals surface area contributed by atoms with E-state index < -0.39 is 37.2 Å². The van der Waals surface area contributed by atoms with E-state index in [0.29, 0.717) is 41.6 Å². The Bertz CT molecular complexity index is 1910. The monoisotopic (exact) mass is 721 g/mol. The van der Waals surface area contributed by atoms with Crippen molar-refractivity contribution < 1.29 is 46.5 Å². The number of aromatic nitrogens is 3. The number of piperazine rings is 1. The highest BCUT2D eigenvalue weighted by atomic mass is 31.2. The Hall–Kier alpha value is -4.57. The number of nitrogens with zero attached hydrogens (tertiary/aromatic N) is 5. The number of carbonyl (C=O) groups is 1. The number of aliphatic carboxylic acids is 1. The number of halogens is 3. The smallest absolute Gasteiger partial charge is 0.421 e. The van der Waals surface area contributed by atoms with Gasteiger partial charge in [-0.25, -0.2) is 4.98 Å². The van der Waals surface area contributed by atoms with Gasteiger partial charge in [0.2, 0.25) is 11.8 Å². The van der Waals surface area contributed by atoms with Crippen LogP contribution >= 0.6 is 7.60 Å². The van der Waals surface area contributed by atoms with Crippen molar-refractivity contribution in [2.75, 3.05) is 62.5 Å². The zero-order valence-electron chi connectivity index (χ0n) is 28.1. The quantitative estimate of drug-likeness (QED) is 0.116. The summed E-state index contributed by atoms with van der Waals surface area (Å²) in [6, 6.07) is 7.26. The fourth-order valence-electron chi connectivity index (χ4n) is 5.83. The second-order valence-corrected chi connectivity index (χ2v) is 13.7. The summed E-state index contributed by atoms with van der Waals surface area (Å²) >= 11 is 0. The lowest BCUT2D eigenvalue weighted by Gasteiger charge is -2.38. The molecule has 0 aliphatic carbocycles. The molecule has 3 heterocycles. The van der Waals surface area contributed by atoms with E-state index in [1.165, 1.54) is 17.7 Å². The van der Waals surface area contributed by atoms with E-state index in [-0.39, 0.29) is 54.6 Å². The van der Waals surface area contributed by atoms with Gasteiger partial charge in [-0.15, -0.1) is 0 Å². The molecule has 4 aromatic rings. The van der Waals surface area contributed by atoms with Gasteiger partial charge in [0, 0.05) is 50.1 Å². The molecule has 1 fully saturated rings. The maximum atomic E-state index is 14.2. The Morgan fingerprint density at radius 3 is 2.42 bits per heavy atom. The Kier molecular flexibility index (Phi) is 10.8. The maximum absolute atomic E-state index is 14.2. The molecule has 50 heavy (non-hydrogen) atoms. The molecule has 14 nitrogen and oxygen atoms in total. The molecule has 5 rings (SSSR count).